The number of nitrogens with zero attached hydrogens (tertiary/aromatic N) is 1. The molecule has 102 valence electrons. The number of aryl methyl sites for hydroxylation is 1. The summed E-state index contributed by atoms with van der Waals surface area (Å²) in [4.78, 5) is 23.6. The van der Waals surface area contributed by atoms with Gasteiger partial charge >= 0.3 is 0 Å². The summed E-state index contributed by atoms with van der Waals surface area (Å²) in [6.07, 6.45) is 2.57. The first-order chi connectivity index (χ1) is 9.08. The summed E-state index contributed by atoms with van der Waals surface area (Å²) < 4.78 is 6.97. The average Bonchev–Trinajstić information content (AvgIpc) is 2.83. The third-order valence-electron chi connectivity index (χ3n) is 4.11. The molecule has 6 heteroatoms. The Morgan fingerprint density at radius 3 is 3.11 bits per heavy atom. The second-order valence-electron chi connectivity index (χ2n) is 5.23. The van der Waals surface area contributed by atoms with Crippen LogP contribution in [0.1, 0.15) is 16.8 Å². The van der Waals surface area contributed by atoms with Crippen LogP contribution in [0.5, 0.6) is 0 Å². The third kappa shape index (κ3) is 1.97. The summed E-state index contributed by atoms with van der Waals surface area (Å²) in [7, 11) is 1.64. The van der Waals surface area contributed by atoms with Crippen LogP contribution in [0.4, 0.5) is 0 Å². The Morgan fingerprint density at radius 2 is 2.37 bits per heavy atom. The molecule has 0 radical (unpaired) electrons. The Kier molecular flexibility index (Phi) is 2.91. The second-order valence-corrected chi connectivity index (χ2v) is 5.23. The minimum Gasteiger partial charge on any atom is -0.376 e. The van der Waals surface area contributed by atoms with Gasteiger partial charge in [-0.3, -0.25) is 9.59 Å². The van der Waals surface area contributed by atoms with Crippen molar-refractivity contribution in [1.82, 2.24) is 9.88 Å². The van der Waals surface area contributed by atoms with Crippen molar-refractivity contribution in [2.45, 2.75) is 24.6 Å². The van der Waals surface area contributed by atoms with E-state index in [-0.39, 0.29) is 29.7 Å². The van der Waals surface area contributed by atoms with Gasteiger partial charge in [0.05, 0.1) is 12.1 Å². The molecule has 1 aliphatic carbocycles. The molecule has 1 saturated carbocycles. The van der Waals surface area contributed by atoms with Crippen molar-refractivity contribution in [2.24, 2.45) is 18.7 Å². The van der Waals surface area contributed by atoms with Crippen molar-refractivity contribution in [3.05, 3.63) is 34.2 Å². The molecule has 6 nitrogen and oxygen atoms in total. The van der Waals surface area contributed by atoms with Crippen molar-refractivity contribution in [2.75, 3.05) is 6.61 Å². The monoisotopic (exact) mass is 263 g/mol. The number of hydrogen-bond donors (Lipinski definition) is 2. The Hall–Kier alpha value is -1.66. The summed E-state index contributed by atoms with van der Waals surface area (Å²) in [5.41, 5.74) is 6.18. The van der Waals surface area contributed by atoms with Crippen molar-refractivity contribution in [3.8, 4) is 0 Å². The van der Waals surface area contributed by atoms with E-state index in [4.69, 9.17) is 10.5 Å². The number of carbonyl (C=O) groups excluding carboxylic acids is 1. The molecule has 3 rings (SSSR count). The fraction of sp³-hybridized carbons (Fsp3) is 0.538. The van der Waals surface area contributed by atoms with E-state index in [9.17, 15) is 9.59 Å². The Balaban J connectivity index is 1.71. The average molecular weight is 263 g/mol. The molecule has 4 unspecified atom stereocenters. The summed E-state index contributed by atoms with van der Waals surface area (Å²) in [6, 6.07) is 2.74. The van der Waals surface area contributed by atoms with Crippen molar-refractivity contribution < 1.29 is 9.53 Å². The standard InChI is InChI=1S/C13H17N3O3/c1-16-4-2-7(6-9(16)17)13(18)15-11-10(14)8-3-5-19-12(8)11/h2,4,6,8,10-12H,3,5,14H2,1H3,(H,15,18). The lowest BCUT2D eigenvalue weighted by Crippen LogP contribution is -2.69. The van der Waals surface area contributed by atoms with Crippen LogP contribution < -0.4 is 16.6 Å². The van der Waals surface area contributed by atoms with Crippen LogP contribution in [0.15, 0.2) is 23.1 Å². The minimum absolute atomic E-state index is 0.0329. The highest BCUT2D eigenvalue weighted by Gasteiger charge is 2.52. The normalized spacial score (nSPS) is 32.5. The fourth-order valence-electron chi connectivity index (χ4n) is 2.85. The summed E-state index contributed by atoms with van der Waals surface area (Å²) >= 11 is 0. The number of ether oxygens (including phenoxy) is 1. The van der Waals surface area contributed by atoms with Gasteiger partial charge in [0, 0.05) is 43.4 Å². The maximum absolute atomic E-state index is 12.1. The number of amides is 1. The van der Waals surface area contributed by atoms with E-state index < -0.39 is 0 Å². The van der Waals surface area contributed by atoms with Gasteiger partial charge in [0.25, 0.3) is 11.5 Å². The molecule has 1 amide bonds. The van der Waals surface area contributed by atoms with Crippen LogP contribution in [0.2, 0.25) is 0 Å². The molecule has 1 aromatic heterocycles. The van der Waals surface area contributed by atoms with Gasteiger partial charge in [-0.2, -0.15) is 0 Å². The van der Waals surface area contributed by atoms with Crippen molar-refractivity contribution in [1.29, 1.82) is 0 Å². The molecule has 3 N–H and O–H groups in total. The summed E-state index contributed by atoms with van der Waals surface area (Å²) in [5.74, 6) is 0.0843. The predicted molar refractivity (Wildman–Crippen MR) is 68.8 cm³/mol. The number of pyridine rings is 1. The van der Waals surface area contributed by atoms with Crippen LogP contribution in [0.25, 0.3) is 0 Å². The topological polar surface area (TPSA) is 86.3 Å². The fourth-order valence-corrected chi connectivity index (χ4v) is 2.85. The highest BCUT2D eigenvalue weighted by atomic mass is 16.5. The lowest BCUT2D eigenvalue weighted by atomic mass is 9.72. The van der Waals surface area contributed by atoms with Gasteiger partial charge < -0.3 is 20.4 Å². The Labute approximate surface area is 110 Å². The molecule has 0 spiro atoms. The molecule has 2 fully saturated rings. The molecule has 1 aromatic rings. The zero-order valence-electron chi connectivity index (χ0n) is 10.7. The molecule has 1 saturated heterocycles. The Bertz CT molecular complexity index is 568. The smallest absolute Gasteiger partial charge is 0.251 e. The van der Waals surface area contributed by atoms with Crippen LogP contribution >= 0.6 is 0 Å². The lowest BCUT2D eigenvalue weighted by molar-refractivity contribution is -0.0161. The number of hydrogen-bond acceptors (Lipinski definition) is 4. The summed E-state index contributed by atoms with van der Waals surface area (Å²) in [5, 5.41) is 2.86. The molecule has 2 aliphatic rings. The summed E-state index contributed by atoms with van der Waals surface area (Å²) in [6.45, 7) is 0.710. The molecule has 1 aliphatic heterocycles. The minimum atomic E-state index is -0.271. The van der Waals surface area contributed by atoms with Gasteiger partial charge in [-0.05, 0) is 12.5 Å². The molecule has 19 heavy (non-hydrogen) atoms. The Morgan fingerprint density at radius 1 is 1.58 bits per heavy atom. The first kappa shape index (κ1) is 12.4. The number of fused-ring (bicyclic) bond motifs is 1. The highest BCUT2D eigenvalue weighted by Crippen LogP contribution is 2.37. The number of aromatic nitrogens is 1. The van der Waals surface area contributed by atoms with E-state index in [2.05, 4.69) is 5.32 Å². The van der Waals surface area contributed by atoms with E-state index in [1.165, 1.54) is 10.6 Å². The largest absolute Gasteiger partial charge is 0.376 e. The van der Waals surface area contributed by atoms with Crippen molar-refractivity contribution in [3.63, 3.8) is 0 Å². The van der Waals surface area contributed by atoms with Gasteiger partial charge in [0.2, 0.25) is 0 Å². The van der Waals surface area contributed by atoms with E-state index >= 15 is 0 Å². The molecule has 0 bridgehead atoms. The maximum atomic E-state index is 12.1. The SMILES string of the molecule is Cn1ccc(C(=O)NC2C(N)C3CCOC32)cc1=O. The van der Waals surface area contributed by atoms with E-state index in [1.54, 1.807) is 19.3 Å². The van der Waals surface area contributed by atoms with E-state index in [0.717, 1.165) is 6.42 Å². The van der Waals surface area contributed by atoms with Gasteiger partial charge in [-0.15, -0.1) is 0 Å². The van der Waals surface area contributed by atoms with Crippen LogP contribution in [-0.2, 0) is 11.8 Å². The number of nitrogens with two attached hydrogens (primary N) is 1. The zero-order chi connectivity index (χ0) is 13.6. The van der Waals surface area contributed by atoms with Crippen molar-refractivity contribution >= 4 is 5.91 Å². The van der Waals surface area contributed by atoms with Crippen LogP contribution in [0, 0.1) is 5.92 Å². The molecule has 0 aromatic carbocycles. The highest BCUT2D eigenvalue weighted by molar-refractivity contribution is 5.94. The van der Waals surface area contributed by atoms with Gasteiger partial charge in [-0.1, -0.05) is 0 Å². The number of carbonyl (C=O) groups is 1. The molecular formula is C13H17N3O3. The molecule has 4 atom stereocenters. The second kappa shape index (κ2) is 4.47. The molecule has 2 heterocycles. The van der Waals surface area contributed by atoms with Crippen LogP contribution in [0.3, 0.4) is 0 Å². The van der Waals surface area contributed by atoms with E-state index in [1.807, 2.05) is 0 Å². The van der Waals surface area contributed by atoms with Gasteiger partial charge in [0.15, 0.2) is 0 Å². The quantitative estimate of drug-likeness (QED) is 0.733. The van der Waals surface area contributed by atoms with Crippen LogP contribution in [-0.4, -0.2) is 35.3 Å². The first-order valence-electron chi connectivity index (χ1n) is 6.42. The predicted octanol–water partition coefficient (Wildman–Crippen LogP) is -0.770. The number of nitrogens with one attached hydrogen (secondary N) is 1. The third-order valence-corrected chi connectivity index (χ3v) is 4.11. The lowest BCUT2D eigenvalue weighted by Gasteiger charge is -2.45. The molecular weight excluding hydrogens is 246 g/mol. The zero-order valence-corrected chi connectivity index (χ0v) is 10.7. The number of rotatable bonds is 2. The van der Waals surface area contributed by atoms with Gasteiger partial charge in [-0.25, -0.2) is 0 Å². The van der Waals surface area contributed by atoms with E-state index in [0.29, 0.717) is 18.1 Å². The maximum Gasteiger partial charge on any atom is 0.251 e. The first-order valence-corrected chi connectivity index (χ1v) is 6.42. The van der Waals surface area contributed by atoms with Gasteiger partial charge in [0.1, 0.15) is 0 Å².